The monoisotopic (exact) mass is 354 g/mol. The molecule has 2 N–H and O–H groups in total. The number of aromatic nitrogens is 2. The number of nitrogens with zero attached hydrogens (tertiary/aromatic N) is 2. The van der Waals surface area contributed by atoms with Crippen molar-refractivity contribution in [3.05, 3.63) is 52.0 Å². The van der Waals surface area contributed by atoms with Gasteiger partial charge in [-0.3, -0.25) is 4.79 Å². The third kappa shape index (κ3) is 3.71. The van der Waals surface area contributed by atoms with Gasteiger partial charge in [0.25, 0.3) is 5.91 Å². The molecule has 1 saturated carbocycles. The summed E-state index contributed by atoms with van der Waals surface area (Å²) >= 11 is 1.59. The highest BCUT2D eigenvalue weighted by Crippen LogP contribution is 2.22. The van der Waals surface area contributed by atoms with Gasteiger partial charge in [0.2, 0.25) is 11.7 Å². The zero-order valence-corrected chi connectivity index (χ0v) is 14.6. The maximum atomic E-state index is 12.2. The Morgan fingerprint density at radius 1 is 1.36 bits per heavy atom. The van der Waals surface area contributed by atoms with Crippen molar-refractivity contribution in [3.8, 4) is 11.4 Å². The number of aryl methyl sites for hydroxylation is 1. The number of thiophene rings is 1. The molecule has 1 amide bonds. The molecular formula is C18H18N4O2S. The Kier molecular flexibility index (Phi) is 4.23. The second-order valence-electron chi connectivity index (χ2n) is 6.15. The van der Waals surface area contributed by atoms with Crippen molar-refractivity contribution in [2.24, 2.45) is 0 Å². The van der Waals surface area contributed by atoms with Gasteiger partial charge < -0.3 is 15.2 Å². The molecule has 0 spiro atoms. The first-order valence-corrected chi connectivity index (χ1v) is 9.14. The maximum absolute atomic E-state index is 12.2. The van der Waals surface area contributed by atoms with Crippen LogP contribution in [0.5, 0.6) is 0 Å². The molecule has 6 nitrogen and oxygen atoms in total. The SMILES string of the molecule is Cc1ccc(C(=O)NC2CC2)cc1NCc1nc(-c2ccsc2)no1. The van der Waals surface area contributed by atoms with E-state index in [9.17, 15) is 4.79 Å². The fourth-order valence-corrected chi connectivity index (χ4v) is 3.09. The average Bonchev–Trinajstić information content (AvgIpc) is 3.09. The maximum Gasteiger partial charge on any atom is 0.251 e. The number of anilines is 1. The van der Waals surface area contributed by atoms with Crippen LogP contribution in [0, 0.1) is 6.92 Å². The quantitative estimate of drug-likeness (QED) is 0.707. The first-order chi connectivity index (χ1) is 12.2. The van der Waals surface area contributed by atoms with Gasteiger partial charge in [-0.25, -0.2) is 0 Å². The molecule has 2 aromatic heterocycles. The van der Waals surface area contributed by atoms with Crippen molar-refractivity contribution in [2.75, 3.05) is 5.32 Å². The largest absolute Gasteiger partial charge is 0.376 e. The fraction of sp³-hybridized carbons (Fsp3) is 0.278. The molecule has 0 saturated heterocycles. The van der Waals surface area contributed by atoms with Crippen LogP contribution in [0.25, 0.3) is 11.4 Å². The van der Waals surface area contributed by atoms with Crippen LogP contribution in [0.4, 0.5) is 5.69 Å². The molecule has 1 aliphatic carbocycles. The molecule has 1 aliphatic rings. The Morgan fingerprint density at radius 2 is 2.24 bits per heavy atom. The Labute approximate surface area is 149 Å². The van der Waals surface area contributed by atoms with Crippen molar-refractivity contribution in [1.29, 1.82) is 0 Å². The summed E-state index contributed by atoms with van der Waals surface area (Å²) in [5, 5.41) is 14.2. The number of nitrogens with one attached hydrogen (secondary N) is 2. The Hall–Kier alpha value is -2.67. The van der Waals surface area contributed by atoms with Crippen LogP contribution < -0.4 is 10.6 Å². The Balaban J connectivity index is 1.44. The summed E-state index contributed by atoms with van der Waals surface area (Å²) in [6.45, 7) is 2.40. The number of carbonyl (C=O) groups excluding carboxylic acids is 1. The van der Waals surface area contributed by atoms with E-state index in [-0.39, 0.29) is 5.91 Å². The normalized spacial score (nSPS) is 13.6. The highest BCUT2D eigenvalue weighted by Gasteiger charge is 2.24. The highest BCUT2D eigenvalue weighted by molar-refractivity contribution is 7.08. The van der Waals surface area contributed by atoms with Crippen LogP contribution in [-0.4, -0.2) is 22.1 Å². The van der Waals surface area contributed by atoms with E-state index in [2.05, 4.69) is 20.8 Å². The molecule has 0 unspecified atom stereocenters. The Bertz CT molecular complexity index is 884. The molecular weight excluding hydrogens is 336 g/mol. The van der Waals surface area contributed by atoms with Gasteiger partial charge in [-0.15, -0.1) is 0 Å². The topological polar surface area (TPSA) is 80.0 Å². The van der Waals surface area contributed by atoms with Gasteiger partial charge >= 0.3 is 0 Å². The minimum Gasteiger partial charge on any atom is -0.376 e. The summed E-state index contributed by atoms with van der Waals surface area (Å²) in [7, 11) is 0. The third-order valence-corrected chi connectivity index (χ3v) is 4.77. The van der Waals surface area contributed by atoms with E-state index in [1.165, 1.54) is 0 Å². The van der Waals surface area contributed by atoms with Crippen molar-refractivity contribution in [1.82, 2.24) is 15.5 Å². The summed E-state index contributed by atoms with van der Waals surface area (Å²) in [5.41, 5.74) is 3.55. The minimum absolute atomic E-state index is 0.0249. The van der Waals surface area contributed by atoms with E-state index >= 15 is 0 Å². The van der Waals surface area contributed by atoms with Crippen LogP contribution >= 0.6 is 11.3 Å². The molecule has 0 bridgehead atoms. The van der Waals surface area contributed by atoms with Crippen molar-refractivity contribution in [2.45, 2.75) is 32.4 Å². The lowest BCUT2D eigenvalue weighted by atomic mass is 10.1. The molecule has 0 radical (unpaired) electrons. The second-order valence-corrected chi connectivity index (χ2v) is 6.93. The first-order valence-electron chi connectivity index (χ1n) is 8.19. The number of rotatable bonds is 6. The second kappa shape index (κ2) is 6.68. The number of benzene rings is 1. The number of amides is 1. The molecule has 3 aromatic rings. The van der Waals surface area contributed by atoms with E-state index in [0.717, 1.165) is 29.7 Å². The number of carbonyl (C=O) groups is 1. The van der Waals surface area contributed by atoms with Crippen LogP contribution in [0.1, 0.15) is 34.7 Å². The van der Waals surface area contributed by atoms with Gasteiger partial charge in [0.1, 0.15) is 0 Å². The predicted molar refractivity (Wildman–Crippen MR) is 96.6 cm³/mol. The zero-order chi connectivity index (χ0) is 17.2. The minimum atomic E-state index is -0.0249. The van der Waals surface area contributed by atoms with Gasteiger partial charge in [-0.2, -0.15) is 16.3 Å². The predicted octanol–water partition coefficient (Wildman–Crippen LogP) is 3.61. The molecule has 2 heterocycles. The van der Waals surface area contributed by atoms with E-state index in [4.69, 9.17) is 4.52 Å². The number of hydrogen-bond acceptors (Lipinski definition) is 6. The molecule has 7 heteroatoms. The summed E-state index contributed by atoms with van der Waals surface area (Å²) < 4.78 is 5.29. The molecule has 0 atom stereocenters. The molecule has 4 rings (SSSR count). The number of hydrogen-bond donors (Lipinski definition) is 2. The molecule has 0 aliphatic heterocycles. The molecule has 128 valence electrons. The lowest BCUT2D eigenvalue weighted by Crippen LogP contribution is -2.25. The summed E-state index contributed by atoms with van der Waals surface area (Å²) in [6.07, 6.45) is 2.15. The van der Waals surface area contributed by atoms with E-state index in [1.54, 1.807) is 11.3 Å². The van der Waals surface area contributed by atoms with Crippen LogP contribution in [0.2, 0.25) is 0 Å². The van der Waals surface area contributed by atoms with Crippen molar-refractivity contribution < 1.29 is 9.32 Å². The fourth-order valence-electron chi connectivity index (χ4n) is 2.46. The van der Waals surface area contributed by atoms with Gasteiger partial charge in [-0.05, 0) is 48.9 Å². The van der Waals surface area contributed by atoms with Gasteiger partial charge in [0, 0.05) is 28.2 Å². The van der Waals surface area contributed by atoms with Gasteiger partial charge in [-0.1, -0.05) is 11.2 Å². The summed E-state index contributed by atoms with van der Waals surface area (Å²) in [5.74, 6) is 1.07. The molecule has 25 heavy (non-hydrogen) atoms. The molecule has 1 fully saturated rings. The first kappa shape index (κ1) is 15.8. The van der Waals surface area contributed by atoms with Crippen molar-refractivity contribution >= 4 is 22.9 Å². The van der Waals surface area contributed by atoms with Crippen molar-refractivity contribution in [3.63, 3.8) is 0 Å². The van der Waals surface area contributed by atoms with Gasteiger partial charge in [0.05, 0.1) is 6.54 Å². The molecule has 1 aromatic carbocycles. The Morgan fingerprint density at radius 3 is 3.00 bits per heavy atom. The highest BCUT2D eigenvalue weighted by atomic mass is 32.1. The third-order valence-electron chi connectivity index (χ3n) is 4.09. The van der Waals surface area contributed by atoms with E-state index in [0.29, 0.717) is 29.9 Å². The lowest BCUT2D eigenvalue weighted by Gasteiger charge is -2.10. The van der Waals surface area contributed by atoms with Crippen LogP contribution in [0.3, 0.4) is 0 Å². The zero-order valence-electron chi connectivity index (χ0n) is 13.8. The average molecular weight is 354 g/mol. The van der Waals surface area contributed by atoms with E-state index in [1.807, 2.05) is 41.9 Å². The summed E-state index contributed by atoms with van der Waals surface area (Å²) in [4.78, 5) is 16.6. The standard InChI is InChI=1S/C18H18N4O2S/c1-11-2-3-12(18(23)20-14-4-5-14)8-15(11)19-9-16-21-17(22-24-16)13-6-7-25-10-13/h2-3,6-8,10,14,19H,4-5,9H2,1H3,(H,20,23). The van der Waals surface area contributed by atoms with E-state index < -0.39 is 0 Å². The van der Waals surface area contributed by atoms with Crippen LogP contribution in [0.15, 0.2) is 39.5 Å². The smallest absolute Gasteiger partial charge is 0.251 e. The lowest BCUT2D eigenvalue weighted by molar-refractivity contribution is 0.0951. The van der Waals surface area contributed by atoms with Gasteiger partial charge in [0.15, 0.2) is 0 Å². The van der Waals surface area contributed by atoms with Crippen LogP contribution in [-0.2, 0) is 6.54 Å². The summed E-state index contributed by atoms with van der Waals surface area (Å²) in [6, 6.07) is 7.95.